The van der Waals surface area contributed by atoms with E-state index >= 15 is 0 Å². The first kappa shape index (κ1) is 25.8. The highest BCUT2D eigenvalue weighted by Gasteiger charge is 2.44. The largest absolute Gasteiger partial charge is 0.453 e. The Bertz CT molecular complexity index is 635. The van der Waals surface area contributed by atoms with Gasteiger partial charge in [-0.25, -0.2) is 4.79 Å². The molecule has 0 aromatic heterocycles. The van der Waals surface area contributed by atoms with Crippen LogP contribution in [0.15, 0.2) is 0 Å². The Morgan fingerprint density at radius 2 is 1.81 bits per heavy atom. The fourth-order valence-corrected chi connectivity index (χ4v) is 6.12. The second-order valence-corrected chi connectivity index (χ2v) is 11.8. The Balaban J connectivity index is 2.06. The third kappa shape index (κ3) is 7.27. The number of nitrogens with zero attached hydrogens (tertiary/aromatic N) is 1. The third-order valence-corrected chi connectivity index (χ3v) is 7.54. The number of nitrogens with two attached hydrogens (primary N) is 1. The molecule has 2 rings (SSSR count). The second-order valence-electron chi connectivity index (χ2n) is 9.55. The minimum absolute atomic E-state index is 0.105. The summed E-state index contributed by atoms with van der Waals surface area (Å²) in [7, 11) is 1.28. The number of amides is 3. The van der Waals surface area contributed by atoms with Gasteiger partial charge in [0.15, 0.2) is 0 Å². The Morgan fingerprint density at radius 1 is 1.16 bits per heavy atom. The van der Waals surface area contributed by atoms with E-state index < -0.39 is 22.9 Å². The smallest absolute Gasteiger partial charge is 0.407 e. The number of methoxy groups -OCH3 is 1. The number of hydrogen-bond acceptors (Lipinski definition) is 6. The molecule has 0 radical (unpaired) electrons. The highest BCUT2D eigenvalue weighted by molar-refractivity contribution is 8.01. The third-order valence-electron chi connectivity index (χ3n) is 6.22. The van der Waals surface area contributed by atoms with Crippen LogP contribution in [0.25, 0.3) is 0 Å². The molecular formula is C22H40N4O4S. The fraction of sp³-hybridized carbons (Fsp3) is 0.864. The highest BCUT2D eigenvalue weighted by atomic mass is 32.2. The van der Waals surface area contributed by atoms with Crippen LogP contribution in [-0.2, 0) is 14.3 Å². The monoisotopic (exact) mass is 456 g/mol. The summed E-state index contributed by atoms with van der Waals surface area (Å²) in [6.45, 7) is 9.12. The summed E-state index contributed by atoms with van der Waals surface area (Å²) in [6.07, 6.45) is 4.81. The maximum Gasteiger partial charge on any atom is 0.407 e. The summed E-state index contributed by atoms with van der Waals surface area (Å²) in [4.78, 5) is 40.1. The van der Waals surface area contributed by atoms with Gasteiger partial charge in [0.1, 0.15) is 12.1 Å². The molecule has 0 aromatic carbocycles. The molecule has 1 saturated heterocycles. The summed E-state index contributed by atoms with van der Waals surface area (Å²) in [5.74, 6) is 0.112. The van der Waals surface area contributed by atoms with Gasteiger partial charge in [0, 0.05) is 23.9 Å². The number of thioether (sulfide) groups is 1. The molecular weight excluding hydrogens is 416 g/mol. The molecule has 1 saturated carbocycles. The summed E-state index contributed by atoms with van der Waals surface area (Å²) in [5.41, 5.74) is 5.97. The van der Waals surface area contributed by atoms with Crippen LogP contribution in [0.1, 0.15) is 66.2 Å². The highest BCUT2D eigenvalue weighted by Crippen LogP contribution is 2.34. The average Bonchev–Trinajstić information content (AvgIpc) is 3.19. The number of hydrogen-bond donors (Lipinski definition) is 3. The SMILES string of the molecule is COC(=O)N[C@@H](C(=O)N1CCC[C@H]1C(=O)NCC1CCC(N)CC1)C(C)(C)SC(C)C. The van der Waals surface area contributed by atoms with Crippen molar-refractivity contribution in [3.05, 3.63) is 0 Å². The van der Waals surface area contributed by atoms with E-state index in [1.165, 1.54) is 7.11 Å². The van der Waals surface area contributed by atoms with Crippen LogP contribution in [0.4, 0.5) is 4.79 Å². The Morgan fingerprint density at radius 3 is 2.39 bits per heavy atom. The average molecular weight is 457 g/mol. The van der Waals surface area contributed by atoms with Crippen LogP contribution in [0, 0.1) is 5.92 Å². The molecule has 2 aliphatic rings. The quantitative estimate of drug-likeness (QED) is 0.516. The Kier molecular flexibility index (Phi) is 9.48. The number of likely N-dealkylation sites (tertiary alicyclic amines) is 1. The molecule has 178 valence electrons. The van der Waals surface area contributed by atoms with Gasteiger partial charge in [0.2, 0.25) is 11.8 Å². The van der Waals surface area contributed by atoms with E-state index in [4.69, 9.17) is 10.5 Å². The van der Waals surface area contributed by atoms with E-state index in [1.807, 2.05) is 13.8 Å². The molecule has 0 aromatic rings. The summed E-state index contributed by atoms with van der Waals surface area (Å²) in [6, 6.07) is -1.01. The zero-order valence-electron chi connectivity index (χ0n) is 19.6. The molecule has 1 heterocycles. The predicted octanol–water partition coefficient (Wildman–Crippen LogP) is 2.26. The van der Waals surface area contributed by atoms with Gasteiger partial charge in [0.25, 0.3) is 0 Å². The molecule has 0 bridgehead atoms. The zero-order chi connectivity index (χ0) is 23.2. The molecule has 31 heavy (non-hydrogen) atoms. The van der Waals surface area contributed by atoms with Gasteiger partial charge >= 0.3 is 6.09 Å². The standard InChI is InChI=1S/C22H40N4O4S/c1-14(2)31-22(3,4)18(25-21(29)30-5)20(28)26-12-6-7-17(26)19(27)24-13-15-8-10-16(23)11-9-15/h14-18H,6-13,23H2,1-5H3,(H,24,27)(H,25,29)/t15?,16?,17-,18-/m0/s1. The second kappa shape index (κ2) is 11.4. The van der Waals surface area contributed by atoms with Gasteiger partial charge in [-0.05, 0) is 63.5 Å². The van der Waals surface area contributed by atoms with Gasteiger partial charge in [-0.1, -0.05) is 13.8 Å². The number of carbonyl (C=O) groups excluding carboxylic acids is 3. The van der Waals surface area contributed by atoms with Crippen LogP contribution in [0.2, 0.25) is 0 Å². The number of carbonyl (C=O) groups is 3. The first-order valence-corrected chi connectivity index (χ1v) is 12.3. The van der Waals surface area contributed by atoms with Crippen LogP contribution in [-0.4, -0.2) is 71.1 Å². The van der Waals surface area contributed by atoms with Crippen molar-refractivity contribution >= 4 is 29.7 Å². The van der Waals surface area contributed by atoms with E-state index in [-0.39, 0.29) is 23.1 Å². The fourth-order valence-electron chi connectivity index (χ4n) is 4.61. The molecule has 2 fully saturated rings. The molecule has 8 nitrogen and oxygen atoms in total. The van der Waals surface area contributed by atoms with Crippen molar-refractivity contribution in [1.29, 1.82) is 0 Å². The van der Waals surface area contributed by atoms with Crippen molar-refractivity contribution in [2.75, 3.05) is 20.2 Å². The van der Waals surface area contributed by atoms with E-state index in [1.54, 1.807) is 16.7 Å². The summed E-state index contributed by atoms with van der Waals surface area (Å²) >= 11 is 1.61. The first-order chi connectivity index (χ1) is 14.5. The number of rotatable bonds is 8. The van der Waals surface area contributed by atoms with Crippen LogP contribution >= 0.6 is 11.8 Å². The zero-order valence-corrected chi connectivity index (χ0v) is 20.4. The van der Waals surface area contributed by atoms with E-state index in [0.29, 0.717) is 25.4 Å². The number of alkyl carbamates (subject to hydrolysis) is 1. The van der Waals surface area contributed by atoms with Gasteiger partial charge in [-0.15, -0.1) is 0 Å². The predicted molar refractivity (Wildman–Crippen MR) is 124 cm³/mol. The number of ether oxygens (including phenoxy) is 1. The molecule has 1 aliphatic heterocycles. The molecule has 4 N–H and O–H groups in total. The van der Waals surface area contributed by atoms with E-state index in [0.717, 1.165) is 32.1 Å². The van der Waals surface area contributed by atoms with Gasteiger partial charge < -0.3 is 26.0 Å². The van der Waals surface area contributed by atoms with Gasteiger partial charge in [-0.2, -0.15) is 11.8 Å². The molecule has 1 aliphatic carbocycles. The van der Waals surface area contributed by atoms with Crippen molar-refractivity contribution < 1.29 is 19.1 Å². The van der Waals surface area contributed by atoms with Crippen LogP contribution < -0.4 is 16.4 Å². The van der Waals surface area contributed by atoms with E-state index in [2.05, 4.69) is 24.5 Å². The minimum Gasteiger partial charge on any atom is -0.453 e. The lowest BCUT2D eigenvalue weighted by Crippen LogP contribution is -2.60. The molecule has 2 atom stereocenters. The van der Waals surface area contributed by atoms with Crippen molar-refractivity contribution in [2.24, 2.45) is 11.7 Å². The van der Waals surface area contributed by atoms with E-state index in [9.17, 15) is 14.4 Å². The molecule has 3 amide bonds. The maximum absolute atomic E-state index is 13.5. The minimum atomic E-state index is -0.791. The van der Waals surface area contributed by atoms with Crippen LogP contribution in [0.3, 0.4) is 0 Å². The lowest BCUT2D eigenvalue weighted by molar-refractivity contribution is -0.140. The topological polar surface area (TPSA) is 114 Å². The van der Waals surface area contributed by atoms with Crippen LogP contribution in [0.5, 0.6) is 0 Å². The van der Waals surface area contributed by atoms with Crippen molar-refractivity contribution in [2.45, 2.75) is 94.3 Å². The first-order valence-electron chi connectivity index (χ1n) is 11.4. The van der Waals surface area contributed by atoms with Gasteiger partial charge in [0.05, 0.1) is 7.11 Å². The Hall–Kier alpha value is -1.48. The van der Waals surface area contributed by atoms with Crippen molar-refractivity contribution in [1.82, 2.24) is 15.5 Å². The molecule has 9 heteroatoms. The van der Waals surface area contributed by atoms with Crippen molar-refractivity contribution in [3.8, 4) is 0 Å². The normalized spacial score (nSPS) is 25.3. The lowest BCUT2D eigenvalue weighted by Gasteiger charge is -2.37. The summed E-state index contributed by atoms with van der Waals surface area (Å²) < 4.78 is 4.20. The van der Waals surface area contributed by atoms with Gasteiger partial charge in [-0.3, -0.25) is 9.59 Å². The van der Waals surface area contributed by atoms with Crippen molar-refractivity contribution in [3.63, 3.8) is 0 Å². The summed E-state index contributed by atoms with van der Waals surface area (Å²) in [5, 5.41) is 6.05. The molecule has 0 spiro atoms. The Labute approximate surface area is 190 Å². The maximum atomic E-state index is 13.5. The molecule has 0 unspecified atom stereocenters. The number of nitrogens with one attached hydrogen (secondary N) is 2. The lowest BCUT2D eigenvalue weighted by atomic mass is 9.86.